The van der Waals surface area contributed by atoms with Gasteiger partial charge in [-0.3, -0.25) is 5.41 Å². The lowest BCUT2D eigenvalue weighted by atomic mass is 10.2. The molecule has 0 saturated heterocycles. The van der Waals surface area contributed by atoms with Crippen LogP contribution in [-0.2, 0) is 4.74 Å². The summed E-state index contributed by atoms with van der Waals surface area (Å²) in [5, 5.41) is 19.3. The maximum absolute atomic E-state index is 10.2. The van der Waals surface area contributed by atoms with Gasteiger partial charge in [-0.15, -0.1) is 11.3 Å². The second-order valence-corrected chi connectivity index (χ2v) is 6.53. The molecule has 22 heavy (non-hydrogen) atoms. The highest BCUT2D eigenvalue weighted by molar-refractivity contribution is 7.19. The molecule has 5 nitrogen and oxygen atoms in total. The number of nitrogens with one attached hydrogen (secondary N) is 1. The number of fused-ring (bicyclic) bond motifs is 1. The van der Waals surface area contributed by atoms with E-state index in [2.05, 4.69) is 4.98 Å². The molecule has 0 radical (unpaired) electrons. The molecule has 0 fully saturated rings. The molecule has 0 unspecified atom stereocenters. The average molecular weight is 317 g/mol. The minimum atomic E-state index is 0.169. The van der Waals surface area contributed by atoms with Crippen LogP contribution >= 0.6 is 11.3 Å². The van der Waals surface area contributed by atoms with E-state index in [9.17, 15) is 5.11 Å². The number of ether oxygens (including phenoxy) is 1. The number of aromatic nitrogens is 1. The van der Waals surface area contributed by atoms with Crippen molar-refractivity contribution in [1.29, 1.82) is 5.41 Å². The third kappa shape index (κ3) is 2.84. The van der Waals surface area contributed by atoms with Gasteiger partial charge in [0.2, 0.25) is 0 Å². The molecule has 2 N–H and O–H groups in total. The van der Waals surface area contributed by atoms with Crippen molar-refractivity contribution in [2.45, 2.75) is 20.0 Å². The summed E-state index contributed by atoms with van der Waals surface area (Å²) < 4.78 is 6.59. The van der Waals surface area contributed by atoms with Crippen molar-refractivity contribution >= 4 is 33.0 Å². The Hall–Kier alpha value is -1.92. The van der Waals surface area contributed by atoms with Crippen LogP contribution in [0.4, 0.5) is 0 Å². The van der Waals surface area contributed by atoms with Crippen molar-refractivity contribution in [3.05, 3.63) is 35.0 Å². The third-order valence-electron chi connectivity index (χ3n) is 3.50. The van der Waals surface area contributed by atoms with Crippen molar-refractivity contribution in [2.24, 2.45) is 0 Å². The number of para-hydroxylation sites is 1. The molecule has 1 aliphatic heterocycles. The number of rotatable bonds is 5. The molecule has 0 atom stereocenters. The fraction of sp³-hybridized carbons (Fsp3) is 0.375. The molecule has 0 spiro atoms. The molecular formula is C16H19N3O2S. The summed E-state index contributed by atoms with van der Waals surface area (Å²) in [6, 6.07) is 7.85. The van der Waals surface area contributed by atoms with Gasteiger partial charge in [-0.2, -0.15) is 0 Å². The molecule has 0 saturated carbocycles. The summed E-state index contributed by atoms with van der Waals surface area (Å²) in [6.07, 6.45) is 0.169. The van der Waals surface area contributed by atoms with Gasteiger partial charge in [0.25, 0.3) is 0 Å². The Labute approximate surface area is 133 Å². The van der Waals surface area contributed by atoms with E-state index >= 15 is 0 Å². The number of benzene rings is 1. The first-order chi connectivity index (χ1) is 10.6. The van der Waals surface area contributed by atoms with Crippen LogP contribution in [0.15, 0.2) is 30.0 Å². The summed E-state index contributed by atoms with van der Waals surface area (Å²) in [7, 11) is 0. The fourth-order valence-corrected chi connectivity index (χ4v) is 3.46. The molecule has 2 heterocycles. The number of nitrogens with zero attached hydrogens (tertiary/aromatic N) is 2. The van der Waals surface area contributed by atoms with E-state index in [0.717, 1.165) is 10.2 Å². The Bertz CT molecular complexity index is 703. The Morgan fingerprint density at radius 2 is 2.18 bits per heavy atom. The van der Waals surface area contributed by atoms with Crippen LogP contribution in [0, 0.1) is 5.41 Å². The van der Waals surface area contributed by atoms with E-state index in [1.165, 1.54) is 11.3 Å². The van der Waals surface area contributed by atoms with E-state index in [0.29, 0.717) is 36.1 Å². The second kappa shape index (κ2) is 6.06. The molecule has 1 aromatic carbocycles. The zero-order chi connectivity index (χ0) is 15.7. The predicted molar refractivity (Wildman–Crippen MR) is 89.6 cm³/mol. The molecule has 3 rings (SSSR count). The Kier molecular flexibility index (Phi) is 4.13. The van der Waals surface area contributed by atoms with Crippen LogP contribution in [0.2, 0.25) is 0 Å². The van der Waals surface area contributed by atoms with Gasteiger partial charge < -0.3 is 14.7 Å². The van der Waals surface area contributed by atoms with Gasteiger partial charge in [-0.05, 0) is 26.0 Å². The number of amidine groups is 1. The normalized spacial score (nSPS) is 15.6. The highest BCUT2D eigenvalue weighted by Crippen LogP contribution is 2.32. The van der Waals surface area contributed by atoms with Crippen molar-refractivity contribution in [2.75, 3.05) is 19.7 Å². The zero-order valence-electron chi connectivity index (χ0n) is 12.7. The zero-order valence-corrected chi connectivity index (χ0v) is 13.5. The Morgan fingerprint density at radius 3 is 2.91 bits per heavy atom. The van der Waals surface area contributed by atoms with Gasteiger partial charge in [0.15, 0.2) is 0 Å². The van der Waals surface area contributed by atoms with E-state index in [-0.39, 0.29) is 11.9 Å². The summed E-state index contributed by atoms with van der Waals surface area (Å²) in [5.41, 5.74) is 1.45. The smallest absolute Gasteiger partial charge is 0.135 e. The summed E-state index contributed by atoms with van der Waals surface area (Å²) in [4.78, 5) is 6.36. The van der Waals surface area contributed by atoms with Gasteiger partial charge in [-0.25, -0.2) is 4.98 Å². The summed E-state index contributed by atoms with van der Waals surface area (Å²) >= 11 is 1.51. The van der Waals surface area contributed by atoms with Gasteiger partial charge in [0.1, 0.15) is 16.6 Å². The standard InChI is InChI=1S/C16H19N3O2S/c1-10(2)21-8-7-19-9-12(20)14(15(19)17)16-18-11-5-3-4-6-13(11)22-16/h3-6,10,17,20H,7-9H2,1-2H3. The van der Waals surface area contributed by atoms with E-state index in [1.807, 2.05) is 43.0 Å². The van der Waals surface area contributed by atoms with Gasteiger partial charge in [-0.1, -0.05) is 12.1 Å². The first-order valence-electron chi connectivity index (χ1n) is 7.30. The largest absolute Gasteiger partial charge is 0.510 e. The molecule has 6 heteroatoms. The molecule has 0 amide bonds. The summed E-state index contributed by atoms with van der Waals surface area (Å²) in [6.45, 7) is 5.45. The number of thiazole rings is 1. The number of hydrogen-bond acceptors (Lipinski definition) is 5. The molecule has 1 aromatic heterocycles. The van der Waals surface area contributed by atoms with Crippen LogP contribution in [0.1, 0.15) is 18.9 Å². The Morgan fingerprint density at radius 1 is 1.41 bits per heavy atom. The summed E-state index contributed by atoms with van der Waals surface area (Å²) in [5.74, 6) is 0.539. The van der Waals surface area contributed by atoms with E-state index in [1.54, 1.807) is 0 Å². The highest BCUT2D eigenvalue weighted by Gasteiger charge is 2.30. The minimum Gasteiger partial charge on any atom is -0.510 e. The molecule has 0 bridgehead atoms. The van der Waals surface area contributed by atoms with Gasteiger partial charge in [0, 0.05) is 6.54 Å². The minimum absolute atomic E-state index is 0.169. The molecular weight excluding hydrogens is 298 g/mol. The quantitative estimate of drug-likeness (QED) is 0.888. The monoisotopic (exact) mass is 317 g/mol. The van der Waals surface area contributed by atoms with Crippen molar-refractivity contribution in [1.82, 2.24) is 9.88 Å². The van der Waals surface area contributed by atoms with Crippen molar-refractivity contribution in [3.63, 3.8) is 0 Å². The van der Waals surface area contributed by atoms with Gasteiger partial charge in [0.05, 0.1) is 35.0 Å². The van der Waals surface area contributed by atoms with E-state index < -0.39 is 0 Å². The fourth-order valence-electron chi connectivity index (χ4n) is 2.43. The van der Waals surface area contributed by atoms with Crippen LogP contribution < -0.4 is 0 Å². The first kappa shape index (κ1) is 15.0. The van der Waals surface area contributed by atoms with Crippen LogP contribution in [0.25, 0.3) is 15.8 Å². The molecule has 2 aromatic rings. The number of aliphatic hydroxyl groups excluding tert-OH is 1. The first-order valence-corrected chi connectivity index (χ1v) is 8.11. The molecule has 1 aliphatic rings. The van der Waals surface area contributed by atoms with Crippen molar-refractivity contribution < 1.29 is 9.84 Å². The van der Waals surface area contributed by atoms with E-state index in [4.69, 9.17) is 10.1 Å². The van der Waals surface area contributed by atoms with Crippen LogP contribution in [-0.4, -0.2) is 46.6 Å². The number of hydrogen-bond donors (Lipinski definition) is 2. The van der Waals surface area contributed by atoms with Crippen LogP contribution in [0.3, 0.4) is 0 Å². The lowest BCUT2D eigenvalue weighted by molar-refractivity contribution is 0.0705. The average Bonchev–Trinajstić information content (AvgIpc) is 2.99. The van der Waals surface area contributed by atoms with Crippen molar-refractivity contribution in [3.8, 4) is 0 Å². The van der Waals surface area contributed by atoms with Gasteiger partial charge >= 0.3 is 0 Å². The maximum Gasteiger partial charge on any atom is 0.135 e. The number of aliphatic hydroxyl groups is 1. The molecule has 116 valence electrons. The third-order valence-corrected chi connectivity index (χ3v) is 4.56. The topological polar surface area (TPSA) is 69.4 Å². The lowest BCUT2D eigenvalue weighted by Crippen LogP contribution is -2.30. The highest BCUT2D eigenvalue weighted by atomic mass is 32.1. The SMILES string of the molecule is CC(C)OCCN1CC(O)=C(c2nc3ccccc3s2)C1=N. The Balaban J connectivity index is 1.78. The predicted octanol–water partition coefficient (Wildman–Crippen LogP) is 3.28. The maximum atomic E-state index is 10.2. The molecule has 0 aliphatic carbocycles. The second-order valence-electron chi connectivity index (χ2n) is 5.50. The van der Waals surface area contributed by atoms with Crippen LogP contribution in [0.5, 0.6) is 0 Å². The lowest BCUT2D eigenvalue weighted by Gasteiger charge is -2.19.